The van der Waals surface area contributed by atoms with E-state index < -0.39 is 11.9 Å². The van der Waals surface area contributed by atoms with Gasteiger partial charge in [0.1, 0.15) is 30.3 Å². The monoisotopic (exact) mass is 758 g/mol. The van der Waals surface area contributed by atoms with E-state index in [-0.39, 0.29) is 64.6 Å². The normalized spacial score (nSPS) is 11.0. The average Bonchev–Trinajstić information content (AvgIpc) is 3.15. The van der Waals surface area contributed by atoms with Crippen LogP contribution in [0.3, 0.4) is 0 Å². The number of unbranched alkanes of at least 4 members (excludes halogenated alkanes) is 8. The molecule has 1 aliphatic heterocycles. The van der Waals surface area contributed by atoms with Gasteiger partial charge in [0.15, 0.2) is 5.43 Å². The number of phenolic OH excluding ortho intramolecular Hbond substituents is 1. The van der Waals surface area contributed by atoms with Crippen molar-refractivity contribution >= 4 is 40.6 Å². The number of carboxylic acids is 1. The lowest BCUT2D eigenvalue weighted by molar-refractivity contribution is -0.131. The Bertz CT molecular complexity index is 1970. The summed E-state index contributed by atoms with van der Waals surface area (Å²) in [5, 5.41) is 31.9. The summed E-state index contributed by atoms with van der Waals surface area (Å²) in [6.07, 6.45) is 9.09. The van der Waals surface area contributed by atoms with Gasteiger partial charge in [0.05, 0.1) is 5.56 Å². The van der Waals surface area contributed by atoms with Crippen LogP contribution in [0.2, 0.25) is 0 Å². The van der Waals surface area contributed by atoms with Crippen LogP contribution in [0.5, 0.6) is 5.75 Å². The summed E-state index contributed by atoms with van der Waals surface area (Å²) >= 11 is 0. The smallest absolute Gasteiger partial charge is 0.336 e. The molecule has 55 heavy (non-hydrogen) atoms. The molecule has 14 heteroatoms. The summed E-state index contributed by atoms with van der Waals surface area (Å²) in [4.78, 5) is 72.3. The van der Waals surface area contributed by atoms with E-state index >= 15 is 0 Å². The van der Waals surface area contributed by atoms with Crippen molar-refractivity contribution in [3.05, 3.63) is 75.9 Å². The molecule has 2 aliphatic rings. The molecular formula is C41H50N4O10. The molecule has 0 bridgehead atoms. The second kappa shape index (κ2) is 21.8. The van der Waals surface area contributed by atoms with Crippen molar-refractivity contribution in [1.29, 1.82) is 0 Å². The van der Waals surface area contributed by atoms with Crippen molar-refractivity contribution in [3.8, 4) is 28.2 Å². The van der Waals surface area contributed by atoms with Crippen molar-refractivity contribution in [2.24, 2.45) is 0 Å². The van der Waals surface area contributed by atoms with Crippen molar-refractivity contribution in [1.82, 2.24) is 21.3 Å². The number of carboxylic acid groups (broad SMARTS) is 1. The summed E-state index contributed by atoms with van der Waals surface area (Å²) in [5.41, 5.74) is 1.37. The molecule has 14 nitrogen and oxygen atoms in total. The number of carbonyl (C=O) groups is 5. The Morgan fingerprint density at radius 1 is 0.655 bits per heavy atom. The zero-order chi connectivity index (χ0) is 39.6. The lowest BCUT2D eigenvalue weighted by Gasteiger charge is -2.17. The van der Waals surface area contributed by atoms with Crippen LogP contribution < -0.4 is 26.7 Å². The number of rotatable bonds is 23. The number of nitrogens with one attached hydrogen (secondary N) is 4. The molecule has 6 N–H and O–H groups in total. The van der Waals surface area contributed by atoms with Crippen LogP contribution in [0, 0.1) is 0 Å². The minimum absolute atomic E-state index is 0.00622. The molecule has 1 aliphatic carbocycles. The van der Waals surface area contributed by atoms with E-state index in [4.69, 9.17) is 9.15 Å². The summed E-state index contributed by atoms with van der Waals surface area (Å²) in [6, 6.07) is 13.1. The molecule has 0 fully saturated rings. The number of fused-ring (bicyclic) bond motifs is 2. The number of hydrogen-bond donors (Lipinski definition) is 6. The Morgan fingerprint density at radius 2 is 1.22 bits per heavy atom. The molecular weight excluding hydrogens is 708 g/mol. The summed E-state index contributed by atoms with van der Waals surface area (Å²) in [6.45, 7) is 3.23. The number of amides is 4. The fourth-order valence-corrected chi connectivity index (χ4v) is 6.15. The van der Waals surface area contributed by atoms with E-state index in [2.05, 4.69) is 21.3 Å². The molecule has 4 amide bonds. The van der Waals surface area contributed by atoms with Crippen molar-refractivity contribution in [2.75, 3.05) is 39.4 Å². The first-order valence-electron chi connectivity index (χ1n) is 18.7. The third-order valence-electron chi connectivity index (χ3n) is 8.94. The van der Waals surface area contributed by atoms with Gasteiger partial charge in [-0.15, -0.1) is 0 Å². The number of ether oxygens (including phenoxy) is 1. The fourth-order valence-electron chi connectivity index (χ4n) is 6.15. The predicted molar refractivity (Wildman–Crippen MR) is 207 cm³/mol. The van der Waals surface area contributed by atoms with E-state index in [1.54, 1.807) is 24.3 Å². The number of benzene rings is 3. The molecule has 294 valence electrons. The maximum absolute atomic E-state index is 13.0. The van der Waals surface area contributed by atoms with Gasteiger partial charge in [-0.05, 0) is 67.6 Å². The van der Waals surface area contributed by atoms with E-state index in [1.807, 2.05) is 0 Å². The lowest BCUT2D eigenvalue weighted by atomic mass is 9.90. The Labute approximate surface area is 319 Å². The third kappa shape index (κ3) is 13.6. The topological polar surface area (TPSA) is 213 Å². The minimum Gasteiger partial charge on any atom is -0.508 e. The highest BCUT2D eigenvalue weighted by atomic mass is 16.5. The minimum atomic E-state index is -1.24. The van der Waals surface area contributed by atoms with E-state index in [0.29, 0.717) is 54.7 Å². The Kier molecular flexibility index (Phi) is 16.7. The van der Waals surface area contributed by atoms with Gasteiger partial charge in [-0.1, -0.05) is 44.6 Å². The van der Waals surface area contributed by atoms with E-state index in [0.717, 1.165) is 57.8 Å². The second-order valence-electron chi connectivity index (χ2n) is 13.3. The Morgan fingerprint density at radius 3 is 1.82 bits per heavy atom. The Balaban J connectivity index is 1.11. The SMILES string of the molecule is CC(=O)NCCCCCCCCNC(=O)COCC(=O)NCCCCCCNC(=O)c1ccc(-c2c3ccc(=O)cc-3oc3cc(O)ccc23)c(C(=O)O)c1. The van der Waals surface area contributed by atoms with Crippen LogP contribution in [0.15, 0.2) is 63.8 Å². The van der Waals surface area contributed by atoms with Gasteiger partial charge in [0, 0.05) is 67.3 Å². The molecule has 0 aromatic heterocycles. The average molecular weight is 759 g/mol. The first-order valence-corrected chi connectivity index (χ1v) is 18.7. The molecule has 2 aromatic rings. The van der Waals surface area contributed by atoms with E-state index in [9.17, 15) is 39.0 Å². The highest BCUT2D eigenvalue weighted by Gasteiger charge is 2.23. The van der Waals surface area contributed by atoms with Crippen LogP contribution in [-0.4, -0.2) is 79.2 Å². The first kappa shape index (κ1) is 42.0. The van der Waals surface area contributed by atoms with E-state index in [1.165, 1.54) is 37.3 Å². The summed E-state index contributed by atoms with van der Waals surface area (Å²) < 4.78 is 11.1. The number of phenols is 1. The van der Waals surface area contributed by atoms with Gasteiger partial charge in [0.25, 0.3) is 5.91 Å². The molecule has 0 saturated carbocycles. The zero-order valence-corrected chi connectivity index (χ0v) is 31.2. The van der Waals surface area contributed by atoms with Gasteiger partial charge in [0.2, 0.25) is 17.7 Å². The highest BCUT2D eigenvalue weighted by molar-refractivity contribution is 6.09. The molecule has 4 rings (SSSR count). The van der Waals surface area contributed by atoms with Gasteiger partial charge in [-0.25, -0.2) is 4.79 Å². The Hall–Kier alpha value is -5.76. The van der Waals surface area contributed by atoms with Gasteiger partial charge < -0.3 is 40.6 Å². The molecule has 2 aromatic carbocycles. The molecule has 0 radical (unpaired) electrons. The fraction of sp³-hybridized carbons (Fsp3) is 0.415. The zero-order valence-electron chi connectivity index (χ0n) is 31.2. The van der Waals surface area contributed by atoms with Crippen LogP contribution >= 0.6 is 0 Å². The molecule has 0 saturated heterocycles. The van der Waals surface area contributed by atoms with Crippen LogP contribution in [0.25, 0.3) is 33.4 Å². The maximum atomic E-state index is 13.0. The number of hydrogen-bond acceptors (Lipinski definition) is 9. The molecule has 0 spiro atoms. The molecule has 0 atom stereocenters. The van der Waals surface area contributed by atoms with Crippen LogP contribution in [0.4, 0.5) is 0 Å². The van der Waals surface area contributed by atoms with Crippen molar-refractivity contribution < 1.29 is 43.3 Å². The molecule has 0 unspecified atom stereocenters. The number of aromatic carboxylic acids is 1. The molecule has 1 heterocycles. The lowest BCUT2D eigenvalue weighted by Crippen LogP contribution is -2.32. The summed E-state index contributed by atoms with van der Waals surface area (Å²) in [7, 11) is 0. The standard InChI is InChI=1S/C41H50N4O10/c1-27(46)42-18-8-4-2-3-5-9-19-43-37(49)25-54-26-38(50)44-20-10-6-7-11-21-45-40(51)28-12-15-31(34(22-28)41(52)53)39-32-16-13-29(47)23-35(32)55-36-24-30(48)14-17-33(36)39/h12-17,22-24,47H,2-11,18-21,25-26H2,1H3,(H,42,46)(H,43,49)(H,44,50)(H,45,51)(H,52,53). The summed E-state index contributed by atoms with van der Waals surface area (Å²) in [5.74, 6) is -2.05. The number of aromatic hydroxyl groups is 1. The van der Waals surface area contributed by atoms with Crippen LogP contribution in [-0.2, 0) is 19.1 Å². The third-order valence-corrected chi connectivity index (χ3v) is 8.94. The highest BCUT2D eigenvalue weighted by Crippen LogP contribution is 2.42. The first-order chi connectivity index (χ1) is 26.5. The van der Waals surface area contributed by atoms with Gasteiger partial charge in [-0.2, -0.15) is 0 Å². The van der Waals surface area contributed by atoms with Gasteiger partial charge >= 0.3 is 5.97 Å². The predicted octanol–water partition coefficient (Wildman–Crippen LogP) is 4.98. The maximum Gasteiger partial charge on any atom is 0.336 e. The van der Waals surface area contributed by atoms with Crippen molar-refractivity contribution in [3.63, 3.8) is 0 Å². The quantitative estimate of drug-likeness (QED) is 0.0441. The number of carbonyl (C=O) groups excluding carboxylic acids is 4. The van der Waals surface area contributed by atoms with Crippen molar-refractivity contribution in [2.45, 2.75) is 71.1 Å². The van der Waals surface area contributed by atoms with Crippen LogP contribution in [0.1, 0.15) is 91.8 Å². The largest absolute Gasteiger partial charge is 0.508 e. The van der Waals surface area contributed by atoms with Gasteiger partial charge in [-0.3, -0.25) is 24.0 Å². The second-order valence-corrected chi connectivity index (χ2v) is 13.3.